The second-order valence-electron chi connectivity index (χ2n) is 9.61. The van der Waals surface area contributed by atoms with Gasteiger partial charge >= 0.3 is 35.5 Å². The topological polar surface area (TPSA) is 9.23 Å². The Morgan fingerprint density at radius 2 is 0.533 bits per heavy atom. The summed E-state index contributed by atoms with van der Waals surface area (Å²) in [6.07, 6.45) is 0. The van der Waals surface area contributed by atoms with Crippen molar-refractivity contribution in [3.63, 3.8) is 0 Å². The normalized spacial score (nSPS) is 13.6. The number of alkyl halides is 12. The van der Waals surface area contributed by atoms with Crippen molar-refractivity contribution in [2.75, 3.05) is 0 Å². The number of hydrogen-bond donors (Lipinski definition) is 0. The molecule has 0 atom stereocenters. The molecular weight excluding hydrogens is 764 g/mol. The van der Waals surface area contributed by atoms with Gasteiger partial charge < -0.3 is 4.74 Å². The monoisotopic (exact) mass is 778 g/mol. The minimum absolute atomic E-state index is 0.243. The molecular formula is C30H16Br2F12O. The van der Waals surface area contributed by atoms with Crippen LogP contribution in [-0.4, -0.2) is 11.8 Å². The van der Waals surface area contributed by atoms with Gasteiger partial charge in [0.15, 0.2) is 0 Å². The Balaban J connectivity index is 1.52. The van der Waals surface area contributed by atoms with Crippen LogP contribution in [0.1, 0.15) is 22.3 Å². The van der Waals surface area contributed by atoms with Crippen LogP contribution in [0.15, 0.2) is 106 Å². The van der Waals surface area contributed by atoms with E-state index in [1.807, 2.05) is 0 Å². The highest BCUT2D eigenvalue weighted by Crippen LogP contribution is 2.57. The van der Waals surface area contributed by atoms with Gasteiger partial charge in [-0.15, -0.1) is 0 Å². The van der Waals surface area contributed by atoms with Gasteiger partial charge in [0, 0.05) is 31.2 Å². The largest absolute Gasteiger partial charge is 0.457 e. The fourth-order valence-electron chi connectivity index (χ4n) is 4.04. The van der Waals surface area contributed by atoms with Crippen LogP contribution >= 0.6 is 31.9 Å². The van der Waals surface area contributed by atoms with Crippen molar-refractivity contribution in [3.05, 3.63) is 128 Å². The third-order valence-electron chi connectivity index (χ3n) is 6.66. The summed E-state index contributed by atoms with van der Waals surface area (Å²) in [5.74, 6) is -33.9. The molecule has 4 rings (SSSR count). The second kappa shape index (κ2) is 11.9. The maximum absolute atomic E-state index is 14.7. The van der Waals surface area contributed by atoms with E-state index in [0.717, 1.165) is 24.3 Å². The van der Waals surface area contributed by atoms with Crippen molar-refractivity contribution >= 4 is 31.9 Å². The number of halogens is 14. The predicted octanol–water partition coefficient (Wildman–Crippen LogP) is 12.0. The third kappa shape index (κ3) is 6.05. The van der Waals surface area contributed by atoms with Crippen LogP contribution in [0.2, 0.25) is 0 Å². The third-order valence-corrected chi connectivity index (χ3v) is 7.72. The zero-order valence-electron chi connectivity index (χ0n) is 21.9. The van der Waals surface area contributed by atoms with Crippen molar-refractivity contribution < 1.29 is 57.4 Å². The minimum atomic E-state index is -5.90. The highest BCUT2D eigenvalue weighted by Gasteiger charge is 2.73. The molecule has 0 bridgehead atoms. The fourth-order valence-corrected chi connectivity index (χ4v) is 4.57. The van der Waals surface area contributed by atoms with Gasteiger partial charge in [-0.3, -0.25) is 0 Å². The van der Waals surface area contributed by atoms with Crippen LogP contribution in [0.5, 0.6) is 11.5 Å². The lowest BCUT2D eigenvalue weighted by Crippen LogP contribution is -2.50. The first-order valence-corrected chi connectivity index (χ1v) is 13.9. The van der Waals surface area contributed by atoms with Gasteiger partial charge in [-0.05, 0) is 72.8 Å². The van der Waals surface area contributed by atoms with E-state index in [0.29, 0.717) is 72.8 Å². The van der Waals surface area contributed by atoms with Crippen LogP contribution in [-0.2, 0) is 23.7 Å². The van der Waals surface area contributed by atoms with Gasteiger partial charge in [0.05, 0.1) is 0 Å². The summed E-state index contributed by atoms with van der Waals surface area (Å²) in [7, 11) is 0. The minimum Gasteiger partial charge on any atom is -0.457 e. The van der Waals surface area contributed by atoms with E-state index in [2.05, 4.69) is 31.9 Å². The van der Waals surface area contributed by atoms with Crippen LogP contribution in [0, 0.1) is 0 Å². The van der Waals surface area contributed by atoms with Crippen LogP contribution in [0.25, 0.3) is 0 Å². The van der Waals surface area contributed by atoms with Gasteiger partial charge in [0.1, 0.15) is 11.5 Å². The number of ether oxygens (including phenoxy) is 1. The van der Waals surface area contributed by atoms with Gasteiger partial charge in [-0.2, -0.15) is 52.7 Å². The molecule has 0 aromatic heterocycles. The fraction of sp³-hybridized carbons (Fsp3) is 0.200. The molecule has 0 radical (unpaired) electrons. The maximum atomic E-state index is 14.7. The molecule has 0 aliphatic rings. The van der Waals surface area contributed by atoms with Crippen molar-refractivity contribution in [1.82, 2.24) is 0 Å². The maximum Gasteiger partial charge on any atom is 0.380 e. The van der Waals surface area contributed by atoms with Crippen LogP contribution < -0.4 is 4.74 Å². The standard InChI is InChI=1S/C30H16Br2F12O/c31-21-9-1-17(2-10-21)25(33,34)29(41,42)27(37,38)19-5-13-23(14-6-19)45-24-15-7-20(8-16-24)28(39,40)30(43,44)26(35,36)18-3-11-22(32)12-4-18/h1-16H. The zero-order valence-corrected chi connectivity index (χ0v) is 25.1. The predicted molar refractivity (Wildman–Crippen MR) is 147 cm³/mol. The first-order valence-electron chi connectivity index (χ1n) is 12.3. The second-order valence-corrected chi connectivity index (χ2v) is 11.4. The first kappa shape index (κ1) is 34.7. The Bertz CT molecular complexity index is 1500. The summed E-state index contributed by atoms with van der Waals surface area (Å²) in [5, 5.41) is 0. The molecule has 4 aromatic carbocycles. The van der Waals surface area contributed by atoms with E-state index in [-0.39, 0.29) is 20.4 Å². The molecule has 0 amide bonds. The van der Waals surface area contributed by atoms with E-state index >= 15 is 0 Å². The molecule has 0 heterocycles. The Morgan fingerprint density at radius 1 is 0.333 bits per heavy atom. The SMILES string of the molecule is FC(F)(c1ccc(Br)cc1)C(F)(F)C(F)(F)c1ccc(Oc2ccc(C(F)(F)C(F)(F)C(F)(F)c3ccc(Br)cc3)cc2)cc1. The quantitative estimate of drug-likeness (QED) is 0.146. The summed E-state index contributed by atoms with van der Waals surface area (Å²) in [4.78, 5) is 0. The molecule has 0 fully saturated rings. The number of hydrogen-bond acceptors (Lipinski definition) is 1. The van der Waals surface area contributed by atoms with E-state index in [1.54, 1.807) is 0 Å². The number of benzene rings is 4. The Morgan fingerprint density at radius 3 is 0.756 bits per heavy atom. The Kier molecular flexibility index (Phi) is 9.14. The molecule has 0 N–H and O–H groups in total. The highest BCUT2D eigenvalue weighted by atomic mass is 79.9. The Labute approximate surface area is 264 Å². The molecule has 0 saturated heterocycles. The van der Waals surface area contributed by atoms with Gasteiger partial charge in [-0.1, -0.05) is 56.1 Å². The summed E-state index contributed by atoms with van der Waals surface area (Å²) in [6.45, 7) is 0. The van der Waals surface area contributed by atoms with E-state index in [1.165, 1.54) is 0 Å². The van der Waals surface area contributed by atoms with Crippen molar-refractivity contribution in [1.29, 1.82) is 0 Å². The Hall–Kier alpha value is -3.20. The van der Waals surface area contributed by atoms with Crippen molar-refractivity contribution in [2.24, 2.45) is 0 Å². The van der Waals surface area contributed by atoms with E-state index in [4.69, 9.17) is 4.74 Å². The smallest absolute Gasteiger partial charge is 0.380 e. The molecule has 15 heteroatoms. The molecule has 240 valence electrons. The lowest BCUT2D eigenvalue weighted by atomic mass is 9.92. The van der Waals surface area contributed by atoms with Crippen LogP contribution in [0.3, 0.4) is 0 Å². The molecule has 0 aliphatic carbocycles. The lowest BCUT2D eigenvalue weighted by Gasteiger charge is -2.33. The molecule has 0 aliphatic heterocycles. The summed E-state index contributed by atoms with van der Waals surface area (Å²) >= 11 is 5.84. The average Bonchev–Trinajstić information content (AvgIpc) is 2.98. The van der Waals surface area contributed by atoms with Gasteiger partial charge in [0.2, 0.25) is 0 Å². The first-order chi connectivity index (χ1) is 20.7. The number of rotatable bonds is 10. The van der Waals surface area contributed by atoms with Crippen molar-refractivity contribution in [2.45, 2.75) is 35.5 Å². The summed E-state index contributed by atoms with van der Waals surface area (Å²) in [6, 6.07) is 10.3. The zero-order chi connectivity index (χ0) is 33.6. The van der Waals surface area contributed by atoms with E-state index in [9.17, 15) is 52.7 Å². The van der Waals surface area contributed by atoms with Gasteiger partial charge in [-0.25, -0.2) is 0 Å². The lowest BCUT2D eigenvalue weighted by molar-refractivity contribution is -0.321. The van der Waals surface area contributed by atoms with Crippen LogP contribution in [0.4, 0.5) is 52.7 Å². The average molecular weight is 780 g/mol. The molecule has 45 heavy (non-hydrogen) atoms. The molecule has 0 spiro atoms. The summed E-state index contributed by atoms with van der Waals surface area (Å²) in [5.41, 5.74) is -5.75. The molecule has 4 aromatic rings. The molecule has 0 unspecified atom stereocenters. The van der Waals surface area contributed by atoms with E-state index < -0.39 is 57.8 Å². The van der Waals surface area contributed by atoms with Crippen molar-refractivity contribution in [3.8, 4) is 11.5 Å². The molecule has 1 nitrogen and oxygen atoms in total. The molecule has 0 saturated carbocycles. The summed E-state index contributed by atoms with van der Waals surface area (Å²) < 4.78 is 181. The highest BCUT2D eigenvalue weighted by molar-refractivity contribution is 9.10. The van der Waals surface area contributed by atoms with Gasteiger partial charge in [0.25, 0.3) is 0 Å².